The second-order valence-corrected chi connectivity index (χ2v) is 4.35. The lowest BCUT2D eigenvalue weighted by atomic mass is 10.2. The normalized spacial score (nSPS) is 10.3. The maximum absolute atomic E-state index is 11.4. The summed E-state index contributed by atoms with van der Waals surface area (Å²) in [5.74, 6) is 1.22. The van der Waals surface area contributed by atoms with Crippen molar-refractivity contribution in [2.75, 3.05) is 24.1 Å². The minimum absolute atomic E-state index is 0.0510. The number of pyridine rings is 1. The van der Waals surface area contributed by atoms with E-state index in [0.717, 1.165) is 6.54 Å². The van der Waals surface area contributed by atoms with Crippen molar-refractivity contribution in [2.45, 2.75) is 20.3 Å². The van der Waals surface area contributed by atoms with E-state index in [9.17, 15) is 4.79 Å². The molecule has 1 aromatic heterocycles. The molecule has 1 aromatic rings. The zero-order valence-electron chi connectivity index (χ0n) is 10.4. The molecule has 0 bridgehead atoms. The van der Waals surface area contributed by atoms with Crippen molar-refractivity contribution in [2.24, 2.45) is 5.92 Å². The van der Waals surface area contributed by atoms with Gasteiger partial charge in [-0.15, -0.1) is 0 Å². The molecule has 1 amide bonds. The van der Waals surface area contributed by atoms with Gasteiger partial charge in [0.2, 0.25) is 5.91 Å². The van der Waals surface area contributed by atoms with Crippen LogP contribution in [-0.4, -0.2) is 24.0 Å². The summed E-state index contributed by atoms with van der Waals surface area (Å²) in [6.07, 6.45) is 2.07. The van der Waals surface area contributed by atoms with Crippen molar-refractivity contribution >= 4 is 17.4 Å². The first-order valence-corrected chi connectivity index (χ1v) is 5.80. The SMILES string of the molecule is CC(C)CNC(=O)CCNc1cc(N)ccn1. The number of amides is 1. The first kappa shape index (κ1) is 13.3. The molecule has 0 atom stereocenters. The van der Waals surface area contributed by atoms with Gasteiger partial charge in [-0.25, -0.2) is 4.98 Å². The van der Waals surface area contributed by atoms with Crippen LogP contribution in [0.3, 0.4) is 0 Å². The van der Waals surface area contributed by atoms with Crippen LogP contribution in [0.2, 0.25) is 0 Å². The third-order valence-corrected chi connectivity index (χ3v) is 2.15. The molecule has 0 saturated heterocycles. The summed E-state index contributed by atoms with van der Waals surface area (Å²) >= 11 is 0. The van der Waals surface area contributed by atoms with E-state index in [0.29, 0.717) is 30.4 Å². The number of anilines is 2. The molecule has 5 nitrogen and oxygen atoms in total. The van der Waals surface area contributed by atoms with Gasteiger partial charge in [0.15, 0.2) is 0 Å². The van der Waals surface area contributed by atoms with Crippen LogP contribution in [0.4, 0.5) is 11.5 Å². The second kappa shape index (κ2) is 6.73. The molecule has 0 unspecified atom stereocenters. The van der Waals surface area contributed by atoms with Crippen LogP contribution in [-0.2, 0) is 4.79 Å². The summed E-state index contributed by atoms with van der Waals surface area (Å²) in [7, 11) is 0. The molecule has 1 heterocycles. The number of nitrogens with one attached hydrogen (secondary N) is 2. The van der Waals surface area contributed by atoms with Crippen LogP contribution < -0.4 is 16.4 Å². The lowest BCUT2D eigenvalue weighted by Gasteiger charge is -2.08. The number of carbonyl (C=O) groups excluding carboxylic acids is 1. The number of carbonyl (C=O) groups is 1. The minimum atomic E-state index is 0.0510. The van der Waals surface area contributed by atoms with Gasteiger partial charge in [0.1, 0.15) is 5.82 Å². The predicted octanol–water partition coefficient (Wildman–Crippen LogP) is 1.24. The molecule has 1 rings (SSSR count). The molecule has 0 radical (unpaired) electrons. The van der Waals surface area contributed by atoms with Crippen LogP contribution in [0.5, 0.6) is 0 Å². The van der Waals surface area contributed by atoms with E-state index >= 15 is 0 Å². The van der Waals surface area contributed by atoms with E-state index in [1.54, 1.807) is 18.3 Å². The Morgan fingerprint density at radius 2 is 2.29 bits per heavy atom. The van der Waals surface area contributed by atoms with Crippen LogP contribution in [0.1, 0.15) is 20.3 Å². The summed E-state index contributed by atoms with van der Waals surface area (Å²) in [6.45, 7) is 5.40. The zero-order chi connectivity index (χ0) is 12.7. The van der Waals surface area contributed by atoms with Crippen molar-refractivity contribution in [3.05, 3.63) is 18.3 Å². The van der Waals surface area contributed by atoms with E-state index in [1.807, 2.05) is 0 Å². The highest BCUT2D eigenvalue weighted by atomic mass is 16.1. The van der Waals surface area contributed by atoms with E-state index in [2.05, 4.69) is 29.5 Å². The summed E-state index contributed by atoms with van der Waals surface area (Å²) in [6, 6.07) is 3.46. The number of nitrogens with two attached hydrogens (primary N) is 1. The maximum atomic E-state index is 11.4. The third kappa shape index (κ3) is 5.75. The lowest BCUT2D eigenvalue weighted by molar-refractivity contribution is -0.120. The molecule has 0 saturated carbocycles. The van der Waals surface area contributed by atoms with E-state index in [-0.39, 0.29) is 5.91 Å². The fraction of sp³-hybridized carbons (Fsp3) is 0.500. The van der Waals surface area contributed by atoms with Crippen LogP contribution >= 0.6 is 0 Å². The van der Waals surface area contributed by atoms with E-state index in [4.69, 9.17) is 5.73 Å². The van der Waals surface area contributed by atoms with Gasteiger partial charge in [-0.05, 0) is 12.0 Å². The number of aromatic nitrogens is 1. The van der Waals surface area contributed by atoms with E-state index in [1.165, 1.54) is 0 Å². The number of hydrogen-bond acceptors (Lipinski definition) is 4. The second-order valence-electron chi connectivity index (χ2n) is 4.35. The smallest absolute Gasteiger partial charge is 0.221 e. The highest BCUT2D eigenvalue weighted by Gasteiger charge is 2.02. The summed E-state index contributed by atoms with van der Waals surface area (Å²) in [5.41, 5.74) is 6.27. The average Bonchev–Trinajstić information content (AvgIpc) is 2.26. The molecule has 5 heteroatoms. The van der Waals surface area contributed by atoms with Gasteiger partial charge in [-0.3, -0.25) is 4.79 Å². The Morgan fingerprint density at radius 3 is 2.94 bits per heavy atom. The summed E-state index contributed by atoms with van der Waals surface area (Å²) in [5, 5.41) is 5.91. The minimum Gasteiger partial charge on any atom is -0.399 e. The lowest BCUT2D eigenvalue weighted by Crippen LogP contribution is -2.28. The fourth-order valence-corrected chi connectivity index (χ4v) is 1.25. The molecular formula is C12H20N4O. The van der Waals surface area contributed by atoms with Gasteiger partial charge < -0.3 is 16.4 Å². The Bertz CT molecular complexity index is 365. The first-order chi connectivity index (χ1) is 8.08. The van der Waals surface area contributed by atoms with Gasteiger partial charge in [0.25, 0.3) is 0 Å². The number of nitrogens with zero attached hydrogens (tertiary/aromatic N) is 1. The molecule has 94 valence electrons. The highest BCUT2D eigenvalue weighted by Crippen LogP contribution is 2.07. The summed E-state index contributed by atoms with van der Waals surface area (Å²) < 4.78 is 0. The Labute approximate surface area is 102 Å². The molecule has 0 aromatic carbocycles. The first-order valence-electron chi connectivity index (χ1n) is 5.80. The third-order valence-electron chi connectivity index (χ3n) is 2.15. The van der Waals surface area contributed by atoms with Crippen LogP contribution in [0, 0.1) is 5.92 Å². The van der Waals surface area contributed by atoms with E-state index < -0.39 is 0 Å². The quantitative estimate of drug-likeness (QED) is 0.694. The molecule has 0 aliphatic heterocycles. The molecule has 0 aliphatic carbocycles. The monoisotopic (exact) mass is 236 g/mol. The average molecular weight is 236 g/mol. The van der Waals surface area contributed by atoms with Crippen LogP contribution in [0.25, 0.3) is 0 Å². The molecule has 4 N–H and O–H groups in total. The van der Waals surface area contributed by atoms with Gasteiger partial charge in [0.05, 0.1) is 0 Å². The van der Waals surface area contributed by atoms with Gasteiger partial charge in [-0.1, -0.05) is 13.8 Å². The van der Waals surface area contributed by atoms with Gasteiger partial charge in [0, 0.05) is 37.5 Å². The van der Waals surface area contributed by atoms with Crippen molar-refractivity contribution in [1.82, 2.24) is 10.3 Å². The predicted molar refractivity (Wildman–Crippen MR) is 69.6 cm³/mol. The molecule has 17 heavy (non-hydrogen) atoms. The van der Waals surface area contributed by atoms with Crippen LogP contribution in [0.15, 0.2) is 18.3 Å². The number of rotatable bonds is 6. The molecular weight excluding hydrogens is 216 g/mol. The Morgan fingerprint density at radius 1 is 1.53 bits per heavy atom. The molecule has 0 aliphatic rings. The number of nitrogen functional groups attached to an aromatic ring is 1. The fourth-order valence-electron chi connectivity index (χ4n) is 1.25. The molecule has 0 spiro atoms. The Balaban J connectivity index is 2.21. The van der Waals surface area contributed by atoms with Crippen molar-refractivity contribution in [3.63, 3.8) is 0 Å². The Kier molecular flexibility index (Phi) is 5.26. The number of hydrogen-bond donors (Lipinski definition) is 3. The summed E-state index contributed by atoms with van der Waals surface area (Å²) in [4.78, 5) is 15.5. The van der Waals surface area contributed by atoms with Crippen molar-refractivity contribution < 1.29 is 4.79 Å². The highest BCUT2D eigenvalue weighted by molar-refractivity contribution is 5.76. The van der Waals surface area contributed by atoms with Crippen molar-refractivity contribution in [3.8, 4) is 0 Å². The largest absolute Gasteiger partial charge is 0.399 e. The zero-order valence-corrected chi connectivity index (χ0v) is 10.4. The van der Waals surface area contributed by atoms with Gasteiger partial charge >= 0.3 is 0 Å². The maximum Gasteiger partial charge on any atom is 0.221 e. The molecule has 0 fully saturated rings. The van der Waals surface area contributed by atoms with Crippen molar-refractivity contribution in [1.29, 1.82) is 0 Å². The topological polar surface area (TPSA) is 80.0 Å². The van der Waals surface area contributed by atoms with Gasteiger partial charge in [-0.2, -0.15) is 0 Å². The Hall–Kier alpha value is -1.78. The standard InChI is InChI=1S/C12H20N4O/c1-9(2)8-16-12(17)4-6-15-11-7-10(13)3-5-14-11/h3,5,7,9H,4,6,8H2,1-2H3,(H,16,17)(H3,13,14,15).